The van der Waals surface area contributed by atoms with Crippen LogP contribution < -0.4 is 9.62 Å². The first-order valence-corrected chi connectivity index (χ1v) is 13.5. The van der Waals surface area contributed by atoms with Crippen molar-refractivity contribution in [3.63, 3.8) is 0 Å². The van der Waals surface area contributed by atoms with Crippen LogP contribution in [0.2, 0.25) is 0 Å². The lowest BCUT2D eigenvalue weighted by Crippen LogP contribution is -2.50. The van der Waals surface area contributed by atoms with E-state index in [0.717, 1.165) is 11.8 Å². The number of carbonyl (C=O) groups excluding carboxylic acids is 2. The molecule has 0 aliphatic carbocycles. The topological polar surface area (TPSA) is 103 Å². The van der Waals surface area contributed by atoms with Gasteiger partial charge in [-0.1, -0.05) is 24.3 Å². The van der Waals surface area contributed by atoms with Gasteiger partial charge in [0, 0.05) is 57.2 Å². The Morgan fingerprint density at radius 2 is 1.63 bits per heavy atom. The van der Waals surface area contributed by atoms with Crippen LogP contribution >= 0.6 is 0 Å². The minimum atomic E-state index is -3.87. The van der Waals surface area contributed by atoms with Gasteiger partial charge < -0.3 is 14.7 Å². The predicted molar refractivity (Wildman–Crippen MR) is 142 cm³/mol. The maximum absolute atomic E-state index is 13.9. The molecule has 1 aromatic heterocycles. The number of sulfonamides is 1. The van der Waals surface area contributed by atoms with Gasteiger partial charge in [-0.05, 0) is 42.0 Å². The van der Waals surface area contributed by atoms with E-state index in [1.807, 2.05) is 30.2 Å². The van der Waals surface area contributed by atoms with Crippen LogP contribution in [0.25, 0.3) is 6.08 Å². The van der Waals surface area contributed by atoms with Crippen molar-refractivity contribution in [1.82, 2.24) is 14.8 Å². The van der Waals surface area contributed by atoms with Crippen molar-refractivity contribution in [1.29, 1.82) is 0 Å². The lowest BCUT2D eigenvalue weighted by atomic mass is 10.1. The number of rotatable bonds is 5. The van der Waals surface area contributed by atoms with E-state index in [4.69, 9.17) is 0 Å². The van der Waals surface area contributed by atoms with Crippen LogP contribution in [0.4, 0.5) is 15.8 Å². The molecule has 1 fully saturated rings. The van der Waals surface area contributed by atoms with Gasteiger partial charge in [-0.15, -0.1) is 0 Å². The number of hydrogen-bond acceptors (Lipinski definition) is 6. The van der Waals surface area contributed by atoms with Gasteiger partial charge in [-0.25, -0.2) is 12.8 Å². The van der Waals surface area contributed by atoms with Crippen molar-refractivity contribution in [2.75, 3.05) is 49.4 Å². The van der Waals surface area contributed by atoms with E-state index in [1.165, 1.54) is 17.2 Å². The molecule has 1 saturated heterocycles. The number of anilines is 2. The fourth-order valence-corrected chi connectivity index (χ4v) is 5.98. The smallest absolute Gasteiger partial charge is 0.263 e. The maximum atomic E-state index is 13.9. The van der Waals surface area contributed by atoms with Gasteiger partial charge in [0.25, 0.3) is 21.8 Å². The molecule has 2 amide bonds. The molecule has 2 aromatic carbocycles. The predicted octanol–water partition coefficient (Wildman–Crippen LogP) is 3.08. The van der Waals surface area contributed by atoms with Gasteiger partial charge in [0.1, 0.15) is 4.90 Å². The Kier molecular flexibility index (Phi) is 6.85. The number of aromatic nitrogens is 1. The zero-order valence-corrected chi connectivity index (χ0v) is 21.5. The summed E-state index contributed by atoms with van der Waals surface area (Å²) in [6.45, 7) is 1.75. The number of halogens is 1. The van der Waals surface area contributed by atoms with Gasteiger partial charge in [-0.2, -0.15) is 0 Å². The van der Waals surface area contributed by atoms with E-state index < -0.39 is 21.7 Å². The Labute approximate surface area is 220 Å². The molecule has 11 heteroatoms. The Balaban J connectivity index is 1.23. The SMILES string of the molecule is CN1CC=Cc2cccc(S(=O)(=O)Nc3ccc(C(=O)N4CCN(C(=O)c5ccncc5F)CC4)cc3)c21. The van der Waals surface area contributed by atoms with Crippen molar-refractivity contribution in [3.05, 3.63) is 89.5 Å². The van der Waals surface area contributed by atoms with E-state index >= 15 is 0 Å². The molecule has 38 heavy (non-hydrogen) atoms. The van der Waals surface area contributed by atoms with Crippen LogP contribution in [0.5, 0.6) is 0 Å². The molecule has 0 saturated carbocycles. The number of likely N-dealkylation sites (N-methyl/N-ethyl adjacent to an activating group) is 1. The first-order valence-electron chi connectivity index (χ1n) is 12.1. The second kappa shape index (κ2) is 10.3. The molecule has 1 N–H and O–H groups in total. The van der Waals surface area contributed by atoms with Crippen molar-refractivity contribution in [3.8, 4) is 0 Å². The normalized spacial score (nSPS) is 15.3. The van der Waals surface area contributed by atoms with Crippen LogP contribution in [0.15, 0.2) is 71.9 Å². The minimum Gasteiger partial charge on any atom is -0.369 e. The zero-order valence-electron chi connectivity index (χ0n) is 20.7. The van der Waals surface area contributed by atoms with Crippen molar-refractivity contribution in [2.45, 2.75) is 4.90 Å². The number of piperazine rings is 1. The highest BCUT2D eigenvalue weighted by molar-refractivity contribution is 7.92. The summed E-state index contributed by atoms with van der Waals surface area (Å²) in [6, 6.07) is 12.7. The third-order valence-corrected chi connectivity index (χ3v) is 8.03. The summed E-state index contributed by atoms with van der Waals surface area (Å²) in [5, 5.41) is 0. The van der Waals surface area contributed by atoms with E-state index in [1.54, 1.807) is 41.3 Å². The van der Waals surface area contributed by atoms with Crippen LogP contribution in [-0.2, 0) is 10.0 Å². The molecule has 9 nitrogen and oxygen atoms in total. The molecule has 2 aliphatic heterocycles. The Bertz CT molecular complexity index is 1520. The lowest BCUT2D eigenvalue weighted by Gasteiger charge is -2.35. The Hall–Kier alpha value is -4.25. The molecule has 0 radical (unpaired) electrons. The Morgan fingerprint density at radius 1 is 0.947 bits per heavy atom. The lowest BCUT2D eigenvalue weighted by molar-refractivity contribution is 0.0532. The van der Waals surface area contributed by atoms with E-state index in [9.17, 15) is 22.4 Å². The number of para-hydroxylation sites is 1. The molecule has 2 aliphatic rings. The fraction of sp³-hybridized carbons (Fsp3) is 0.222. The molecule has 0 unspecified atom stereocenters. The van der Waals surface area contributed by atoms with Crippen LogP contribution in [0, 0.1) is 5.82 Å². The van der Waals surface area contributed by atoms with E-state index in [0.29, 0.717) is 36.6 Å². The molecular formula is C27H26FN5O4S. The van der Waals surface area contributed by atoms with Gasteiger partial charge >= 0.3 is 0 Å². The quantitative estimate of drug-likeness (QED) is 0.539. The number of nitrogens with one attached hydrogen (secondary N) is 1. The Morgan fingerprint density at radius 3 is 2.32 bits per heavy atom. The summed E-state index contributed by atoms with van der Waals surface area (Å²) in [5.41, 5.74) is 2.16. The van der Waals surface area contributed by atoms with Crippen molar-refractivity contribution >= 4 is 39.3 Å². The highest BCUT2D eigenvalue weighted by atomic mass is 32.2. The number of pyridine rings is 1. The maximum Gasteiger partial charge on any atom is 0.263 e. The molecule has 0 atom stereocenters. The van der Waals surface area contributed by atoms with Gasteiger partial charge in [-0.3, -0.25) is 19.3 Å². The molecule has 0 spiro atoms. The largest absolute Gasteiger partial charge is 0.369 e. The van der Waals surface area contributed by atoms with Crippen molar-refractivity contribution < 1.29 is 22.4 Å². The third kappa shape index (κ3) is 4.97. The van der Waals surface area contributed by atoms with Crippen LogP contribution in [0.1, 0.15) is 26.3 Å². The number of nitrogens with zero attached hydrogens (tertiary/aromatic N) is 4. The standard InChI is InChI=1S/C27H26FN5O4S/c1-31-13-3-5-19-4-2-6-24(25(19)31)38(36,37)30-21-9-7-20(8-10-21)26(34)32-14-16-33(17-15-32)27(35)22-11-12-29-18-23(22)28/h2-12,18,30H,13-17H2,1H3. The average Bonchev–Trinajstić information content (AvgIpc) is 2.93. The van der Waals surface area contributed by atoms with E-state index in [-0.39, 0.29) is 29.5 Å². The van der Waals surface area contributed by atoms with Crippen LogP contribution in [0.3, 0.4) is 0 Å². The highest BCUT2D eigenvalue weighted by Crippen LogP contribution is 2.33. The third-order valence-electron chi connectivity index (χ3n) is 6.62. The number of hydrogen-bond donors (Lipinski definition) is 1. The molecule has 196 valence electrons. The van der Waals surface area contributed by atoms with Gasteiger partial charge in [0.15, 0.2) is 5.82 Å². The number of carbonyl (C=O) groups is 2. The molecule has 3 aromatic rings. The summed E-state index contributed by atoms with van der Waals surface area (Å²) in [6.07, 6.45) is 6.24. The molecule has 5 rings (SSSR count). The summed E-state index contributed by atoms with van der Waals surface area (Å²) >= 11 is 0. The fourth-order valence-electron chi connectivity index (χ4n) is 4.63. The first-order chi connectivity index (χ1) is 18.2. The first kappa shape index (κ1) is 25.4. The molecule has 3 heterocycles. The zero-order chi connectivity index (χ0) is 26.9. The second-order valence-electron chi connectivity index (χ2n) is 9.10. The minimum absolute atomic E-state index is 0.0445. The van der Waals surface area contributed by atoms with Gasteiger partial charge in [0.2, 0.25) is 0 Å². The number of amides is 2. The summed E-state index contributed by atoms with van der Waals surface area (Å²) in [7, 11) is -2.03. The van der Waals surface area contributed by atoms with Crippen LogP contribution in [-0.4, -0.2) is 74.8 Å². The molecule has 0 bridgehead atoms. The monoisotopic (exact) mass is 535 g/mol. The highest BCUT2D eigenvalue weighted by Gasteiger charge is 2.27. The van der Waals surface area contributed by atoms with Gasteiger partial charge in [0.05, 0.1) is 17.4 Å². The average molecular weight is 536 g/mol. The summed E-state index contributed by atoms with van der Waals surface area (Å²) in [5.74, 6) is -1.34. The summed E-state index contributed by atoms with van der Waals surface area (Å²) in [4.78, 5) is 34.5. The number of benzene rings is 2. The summed E-state index contributed by atoms with van der Waals surface area (Å²) < 4.78 is 42.9. The van der Waals surface area contributed by atoms with E-state index in [2.05, 4.69) is 9.71 Å². The molecular weight excluding hydrogens is 509 g/mol. The van der Waals surface area contributed by atoms with Crippen molar-refractivity contribution in [2.24, 2.45) is 0 Å². The number of fused-ring (bicyclic) bond motifs is 1. The second-order valence-corrected chi connectivity index (χ2v) is 10.8.